The summed E-state index contributed by atoms with van der Waals surface area (Å²) in [5.74, 6) is 0.937. The number of piperidine rings is 1. The highest BCUT2D eigenvalue weighted by atomic mass is 15.2. The van der Waals surface area contributed by atoms with Crippen molar-refractivity contribution in [3.8, 4) is 0 Å². The van der Waals surface area contributed by atoms with E-state index in [1.54, 1.807) is 0 Å². The van der Waals surface area contributed by atoms with Crippen LogP contribution < -0.4 is 5.32 Å². The summed E-state index contributed by atoms with van der Waals surface area (Å²) < 4.78 is 0. The standard InChI is InChI=1S/C15H28N2/c1-3-4-13-10-16-8-7-15(13)9-12(2)17(11-15)14-5-6-14/h12-14,16H,3-11H2,1-2H3. The van der Waals surface area contributed by atoms with Crippen LogP contribution in [0, 0.1) is 11.3 Å². The molecular weight excluding hydrogens is 208 g/mol. The summed E-state index contributed by atoms with van der Waals surface area (Å²) in [7, 11) is 0. The fraction of sp³-hybridized carbons (Fsp3) is 1.00. The van der Waals surface area contributed by atoms with Crippen LogP contribution in [0.15, 0.2) is 0 Å². The highest BCUT2D eigenvalue weighted by Gasteiger charge is 2.50. The van der Waals surface area contributed by atoms with Gasteiger partial charge in [-0.05, 0) is 63.5 Å². The van der Waals surface area contributed by atoms with Crippen LogP contribution in [0.25, 0.3) is 0 Å². The van der Waals surface area contributed by atoms with E-state index < -0.39 is 0 Å². The van der Waals surface area contributed by atoms with Gasteiger partial charge < -0.3 is 5.32 Å². The summed E-state index contributed by atoms with van der Waals surface area (Å²) in [4.78, 5) is 2.84. The zero-order chi connectivity index (χ0) is 11.9. The molecule has 3 fully saturated rings. The third-order valence-corrected chi connectivity index (χ3v) is 5.48. The van der Waals surface area contributed by atoms with E-state index in [4.69, 9.17) is 0 Å². The molecule has 3 atom stereocenters. The fourth-order valence-electron chi connectivity index (χ4n) is 4.45. The Kier molecular flexibility index (Phi) is 3.20. The molecular formula is C15H28N2. The molecule has 2 heteroatoms. The van der Waals surface area contributed by atoms with Crippen LogP contribution in [-0.2, 0) is 0 Å². The molecule has 0 radical (unpaired) electrons. The summed E-state index contributed by atoms with van der Waals surface area (Å²) in [5.41, 5.74) is 0.670. The van der Waals surface area contributed by atoms with Crippen molar-refractivity contribution in [3.63, 3.8) is 0 Å². The lowest BCUT2D eigenvalue weighted by Gasteiger charge is -2.42. The summed E-state index contributed by atoms with van der Waals surface area (Å²) in [6.07, 6.45) is 8.61. The quantitative estimate of drug-likeness (QED) is 0.810. The Morgan fingerprint density at radius 1 is 1.35 bits per heavy atom. The molecule has 98 valence electrons. The summed E-state index contributed by atoms with van der Waals surface area (Å²) in [5, 5.41) is 3.63. The van der Waals surface area contributed by atoms with E-state index >= 15 is 0 Å². The zero-order valence-electron chi connectivity index (χ0n) is 11.5. The Morgan fingerprint density at radius 3 is 2.88 bits per heavy atom. The Morgan fingerprint density at radius 2 is 2.18 bits per heavy atom. The molecule has 2 aliphatic heterocycles. The van der Waals surface area contributed by atoms with Crippen LogP contribution in [0.2, 0.25) is 0 Å². The van der Waals surface area contributed by atoms with Gasteiger partial charge in [0.2, 0.25) is 0 Å². The lowest BCUT2D eigenvalue weighted by Crippen LogP contribution is -2.46. The largest absolute Gasteiger partial charge is 0.316 e. The average Bonchev–Trinajstić information content (AvgIpc) is 3.09. The zero-order valence-corrected chi connectivity index (χ0v) is 11.5. The molecule has 1 saturated carbocycles. The van der Waals surface area contributed by atoms with Crippen molar-refractivity contribution in [2.45, 2.75) is 64.5 Å². The lowest BCUT2D eigenvalue weighted by atomic mass is 9.68. The van der Waals surface area contributed by atoms with Crippen LogP contribution in [0.5, 0.6) is 0 Å². The molecule has 3 unspecified atom stereocenters. The highest BCUT2D eigenvalue weighted by Crippen LogP contribution is 2.49. The van der Waals surface area contributed by atoms with Crippen molar-refractivity contribution >= 4 is 0 Å². The van der Waals surface area contributed by atoms with Gasteiger partial charge in [-0.1, -0.05) is 13.3 Å². The van der Waals surface area contributed by atoms with Gasteiger partial charge in [0.15, 0.2) is 0 Å². The number of likely N-dealkylation sites (tertiary alicyclic amines) is 1. The molecule has 3 rings (SSSR count). The minimum absolute atomic E-state index is 0.670. The van der Waals surface area contributed by atoms with Crippen LogP contribution >= 0.6 is 0 Å². The molecule has 1 aliphatic carbocycles. The molecule has 0 aromatic heterocycles. The van der Waals surface area contributed by atoms with E-state index in [9.17, 15) is 0 Å². The van der Waals surface area contributed by atoms with E-state index in [0.717, 1.165) is 18.0 Å². The normalized spacial score (nSPS) is 43.4. The topological polar surface area (TPSA) is 15.3 Å². The minimum atomic E-state index is 0.670. The van der Waals surface area contributed by atoms with Gasteiger partial charge in [0.25, 0.3) is 0 Å². The second-order valence-corrected chi connectivity index (χ2v) is 6.76. The molecule has 3 aliphatic rings. The van der Waals surface area contributed by atoms with Crippen LogP contribution in [-0.4, -0.2) is 36.6 Å². The number of rotatable bonds is 3. The molecule has 2 nitrogen and oxygen atoms in total. The van der Waals surface area contributed by atoms with Gasteiger partial charge in [-0.25, -0.2) is 0 Å². The maximum Gasteiger partial charge on any atom is 0.00994 e. The minimum Gasteiger partial charge on any atom is -0.316 e. The fourth-order valence-corrected chi connectivity index (χ4v) is 4.45. The number of hydrogen-bond donors (Lipinski definition) is 1. The van der Waals surface area contributed by atoms with Gasteiger partial charge in [-0.2, -0.15) is 0 Å². The van der Waals surface area contributed by atoms with Gasteiger partial charge in [-0.15, -0.1) is 0 Å². The Labute approximate surface area is 106 Å². The molecule has 2 heterocycles. The van der Waals surface area contributed by atoms with Crippen LogP contribution in [0.1, 0.15) is 52.4 Å². The summed E-state index contributed by atoms with van der Waals surface area (Å²) in [6.45, 7) is 8.76. The summed E-state index contributed by atoms with van der Waals surface area (Å²) >= 11 is 0. The molecule has 0 aromatic rings. The Bertz CT molecular complexity index is 272. The van der Waals surface area contributed by atoms with Gasteiger partial charge in [0, 0.05) is 18.6 Å². The highest BCUT2D eigenvalue weighted by molar-refractivity contribution is 5.04. The maximum atomic E-state index is 3.63. The predicted octanol–water partition coefficient (Wildman–Crippen LogP) is 2.64. The number of nitrogens with zero attached hydrogens (tertiary/aromatic N) is 1. The first kappa shape index (κ1) is 12.0. The van der Waals surface area contributed by atoms with Crippen molar-refractivity contribution < 1.29 is 0 Å². The molecule has 1 spiro atoms. The van der Waals surface area contributed by atoms with Crippen LogP contribution in [0.3, 0.4) is 0 Å². The van der Waals surface area contributed by atoms with Crippen molar-refractivity contribution in [3.05, 3.63) is 0 Å². The van der Waals surface area contributed by atoms with Crippen molar-refractivity contribution in [2.24, 2.45) is 11.3 Å². The first-order valence-corrected chi connectivity index (χ1v) is 7.71. The first-order valence-electron chi connectivity index (χ1n) is 7.71. The van der Waals surface area contributed by atoms with E-state index in [1.165, 1.54) is 58.2 Å². The average molecular weight is 236 g/mol. The van der Waals surface area contributed by atoms with Gasteiger partial charge >= 0.3 is 0 Å². The first-order chi connectivity index (χ1) is 8.25. The number of hydrogen-bond acceptors (Lipinski definition) is 2. The smallest absolute Gasteiger partial charge is 0.00994 e. The van der Waals surface area contributed by atoms with E-state index in [2.05, 4.69) is 24.1 Å². The van der Waals surface area contributed by atoms with Crippen LogP contribution in [0.4, 0.5) is 0 Å². The van der Waals surface area contributed by atoms with Gasteiger partial charge in [0.05, 0.1) is 0 Å². The molecule has 0 amide bonds. The van der Waals surface area contributed by atoms with E-state index in [1.807, 2.05) is 0 Å². The van der Waals surface area contributed by atoms with Crippen molar-refractivity contribution in [1.29, 1.82) is 0 Å². The third kappa shape index (κ3) is 2.15. The van der Waals surface area contributed by atoms with E-state index in [-0.39, 0.29) is 0 Å². The van der Waals surface area contributed by atoms with Gasteiger partial charge in [0.1, 0.15) is 0 Å². The summed E-state index contributed by atoms with van der Waals surface area (Å²) in [6, 6.07) is 1.81. The van der Waals surface area contributed by atoms with Crippen molar-refractivity contribution in [1.82, 2.24) is 10.2 Å². The molecule has 0 aromatic carbocycles. The van der Waals surface area contributed by atoms with Gasteiger partial charge in [-0.3, -0.25) is 4.90 Å². The second kappa shape index (κ2) is 4.55. The SMILES string of the molecule is CCCC1CNCCC12CC(C)N(C1CC1)C2. The Balaban J connectivity index is 1.74. The molecule has 1 N–H and O–H groups in total. The number of nitrogens with one attached hydrogen (secondary N) is 1. The monoisotopic (exact) mass is 236 g/mol. The Hall–Kier alpha value is -0.0800. The molecule has 0 bridgehead atoms. The maximum absolute atomic E-state index is 3.63. The molecule has 2 saturated heterocycles. The second-order valence-electron chi connectivity index (χ2n) is 6.76. The van der Waals surface area contributed by atoms with Crippen molar-refractivity contribution in [2.75, 3.05) is 19.6 Å². The molecule has 17 heavy (non-hydrogen) atoms. The predicted molar refractivity (Wildman–Crippen MR) is 72.1 cm³/mol. The van der Waals surface area contributed by atoms with E-state index in [0.29, 0.717) is 5.41 Å². The third-order valence-electron chi connectivity index (χ3n) is 5.48. The lowest BCUT2D eigenvalue weighted by molar-refractivity contribution is 0.104.